The van der Waals surface area contributed by atoms with Gasteiger partial charge in [-0.15, -0.1) is 0 Å². The monoisotopic (exact) mass is 486 g/mol. The molecule has 0 saturated heterocycles. The zero-order valence-corrected chi connectivity index (χ0v) is 19.0. The maximum absolute atomic E-state index is 13.3. The summed E-state index contributed by atoms with van der Waals surface area (Å²) in [6, 6.07) is 18.6. The van der Waals surface area contributed by atoms with Gasteiger partial charge < -0.3 is 9.88 Å². The van der Waals surface area contributed by atoms with E-state index in [-0.39, 0.29) is 22.9 Å². The summed E-state index contributed by atoms with van der Waals surface area (Å²) < 4.78 is 67.7. The third-order valence-electron chi connectivity index (χ3n) is 5.51. The Morgan fingerprint density at radius 3 is 2.32 bits per heavy atom. The number of nitrogens with zero attached hydrogens (tertiary/aromatic N) is 1. The van der Waals surface area contributed by atoms with Gasteiger partial charge in [-0.2, -0.15) is 13.2 Å². The fourth-order valence-corrected chi connectivity index (χ4v) is 5.51. The van der Waals surface area contributed by atoms with E-state index in [9.17, 15) is 26.4 Å². The fraction of sp³-hybridized carbons (Fsp3) is 0.160. The van der Waals surface area contributed by atoms with Crippen molar-refractivity contribution in [2.24, 2.45) is 0 Å². The van der Waals surface area contributed by atoms with Crippen molar-refractivity contribution in [1.82, 2.24) is 4.57 Å². The summed E-state index contributed by atoms with van der Waals surface area (Å²) >= 11 is 0. The van der Waals surface area contributed by atoms with Crippen LogP contribution in [0.3, 0.4) is 0 Å². The lowest BCUT2D eigenvalue weighted by Gasteiger charge is -2.14. The molecular formula is C25H21F3N2O3S. The molecule has 0 bridgehead atoms. The molecule has 0 atom stereocenters. The van der Waals surface area contributed by atoms with Gasteiger partial charge in [0.1, 0.15) is 6.54 Å². The Hall–Kier alpha value is -3.59. The number of hydrogen-bond acceptors (Lipinski definition) is 3. The predicted octanol–water partition coefficient (Wildman–Crippen LogP) is 5.58. The molecule has 0 unspecified atom stereocenters. The number of aryl methyl sites for hydroxylation is 1. The molecule has 0 aliphatic carbocycles. The van der Waals surface area contributed by atoms with Gasteiger partial charge in [-0.05, 0) is 36.2 Å². The standard InChI is InChI=1S/C25H21F3N2O3S/c1-17-8-2-3-9-18(17)16-34(32,33)23-14-30(22-13-7-4-10-19(22)23)15-24(31)29-21-12-6-5-11-20(21)25(26,27)28/h2-14H,15-16H2,1H3,(H,29,31). The van der Waals surface area contributed by atoms with E-state index >= 15 is 0 Å². The molecular weight excluding hydrogens is 465 g/mol. The molecule has 4 rings (SSSR count). The molecule has 0 spiro atoms. The third kappa shape index (κ3) is 4.84. The van der Waals surface area contributed by atoms with Crippen molar-refractivity contribution in [2.45, 2.75) is 30.3 Å². The average Bonchev–Trinajstić information content (AvgIpc) is 3.14. The van der Waals surface area contributed by atoms with E-state index in [4.69, 9.17) is 0 Å². The summed E-state index contributed by atoms with van der Waals surface area (Å²) in [5, 5.41) is 2.74. The van der Waals surface area contributed by atoms with E-state index in [0.29, 0.717) is 16.5 Å². The van der Waals surface area contributed by atoms with E-state index < -0.39 is 27.5 Å². The number of anilines is 1. The van der Waals surface area contributed by atoms with Crippen molar-refractivity contribution in [3.8, 4) is 0 Å². The zero-order chi connectivity index (χ0) is 24.5. The molecule has 0 aliphatic heterocycles. The van der Waals surface area contributed by atoms with Crippen LogP contribution in [0.5, 0.6) is 0 Å². The summed E-state index contributed by atoms with van der Waals surface area (Å²) in [5.41, 5.74) is 0.689. The molecule has 0 saturated carbocycles. The van der Waals surface area contributed by atoms with Crippen LogP contribution in [0, 0.1) is 6.92 Å². The first-order valence-electron chi connectivity index (χ1n) is 10.4. The van der Waals surface area contributed by atoms with Gasteiger partial charge in [-0.3, -0.25) is 4.79 Å². The lowest BCUT2D eigenvalue weighted by molar-refractivity contribution is -0.137. The molecule has 0 radical (unpaired) electrons. The molecule has 5 nitrogen and oxygen atoms in total. The van der Waals surface area contributed by atoms with Gasteiger partial charge >= 0.3 is 6.18 Å². The molecule has 176 valence electrons. The zero-order valence-electron chi connectivity index (χ0n) is 18.1. The van der Waals surface area contributed by atoms with E-state index in [1.807, 2.05) is 19.1 Å². The van der Waals surface area contributed by atoms with Crippen molar-refractivity contribution in [3.63, 3.8) is 0 Å². The van der Waals surface area contributed by atoms with Crippen LogP contribution in [0.2, 0.25) is 0 Å². The number of aromatic nitrogens is 1. The molecule has 1 N–H and O–H groups in total. The van der Waals surface area contributed by atoms with Crippen LogP contribution in [-0.2, 0) is 33.1 Å². The smallest absolute Gasteiger partial charge is 0.337 e. The predicted molar refractivity (Wildman–Crippen MR) is 124 cm³/mol. The summed E-state index contributed by atoms with van der Waals surface area (Å²) in [5.74, 6) is -0.918. The summed E-state index contributed by atoms with van der Waals surface area (Å²) in [6.45, 7) is 1.48. The van der Waals surface area contributed by atoms with Crippen LogP contribution in [0.1, 0.15) is 16.7 Å². The first kappa shape index (κ1) is 23.6. The Bertz CT molecular complexity index is 1470. The van der Waals surface area contributed by atoms with Gasteiger partial charge in [-0.25, -0.2) is 8.42 Å². The molecule has 0 aliphatic rings. The van der Waals surface area contributed by atoms with E-state index in [1.54, 1.807) is 36.4 Å². The quantitative estimate of drug-likeness (QED) is 0.387. The Labute approximate surface area is 194 Å². The number of carbonyl (C=O) groups is 1. The van der Waals surface area contributed by atoms with Crippen molar-refractivity contribution in [3.05, 3.63) is 95.7 Å². The Morgan fingerprint density at radius 2 is 1.59 bits per heavy atom. The molecule has 9 heteroatoms. The number of sulfone groups is 1. The highest BCUT2D eigenvalue weighted by atomic mass is 32.2. The van der Waals surface area contributed by atoms with Crippen LogP contribution in [-0.4, -0.2) is 18.9 Å². The summed E-state index contributed by atoms with van der Waals surface area (Å²) in [7, 11) is -3.76. The second-order valence-electron chi connectivity index (χ2n) is 7.92. The van der Waals surface area contributed by atoms with E-state index in [1.165, 1.54) is 29.0 Å². The maximum Gasteiger partial charge on any atom is 0.418 e. The molecule has 1 amide bonds. The highest BCUT2D eigenvalue weighted by molar-refractivity contribution is 7.90. The fourth-order valence-electron chi connectivity index (χ4n) is 3.83. The first-order chi connectivity index (χ1) is 16.1. The number of fused-ring (bicyclic) bond motifs is 1. The van der Waals surface area contributed by atoms with Crippen LogP contribution >= 0.6 is 0 Å². The van der Waals surface area contributed by atoms with Gasteiger partial charge in [0.05, 0.1) is 21.9 Å². The van der Waals surface area contributed by atoms with Gasteiger partial charge in [0.25, 0.3) is 0 Å². The molecule has 3 aromatic carbocycles. The average molecular weight is 487 g/mol. The number of halogens is 3. The molecule has 4 aromatic rings. The largest absolute Gasteiger partial charge is 0.418 e. The molecule has 34 heavy (non-hydrogen) atoms. The highest BCUT2D eigenvalue weighted by Gasteiger charge is 2.33. The number of amides is 1. The summed E-state index contributed by atoms with van der Waals surface area (Å²) in [4.78, 5) is 12.7. The normalized spacial score (nSPS) is 12.1. The lowest BCUT2D eigenvalue weighted by Crippen LogP contribution is -2.20. The number of para-hydroxylation sites is 2. The van der Waals surface area contributed by atoms with E-state index in [0.717, 1.165) is 11.6 Å². The highest BCUT2D eigenvalue weighted by Crippen LogP contribution is 2.35. The Morgan fingerprint density at radius 1 is 0.941 bits per heavy atom. The minimum Gasteiger partial charge on any atom is -0.337 e. The van der Waals surface area contributed by atoms with Crippen LogP contribution in [0.25, 0.3) is 10.9 Å². The number of alkyl halides is 3. The number of nitrogens with one attached hydrogen (secondary N) is 1. The van der Waals surface area contributed by atoms with Gasteiger partial charge in [0.15, 0.2) is 9.84 Å². The van der Waals surface area contributed by atoms with Crippen LogP contribution in [0.4, 0.5) is 18.9 Å². The summed E-state index contributed by atoms with van der Waals surface area (Å²) in [6.07, 6.45) is -3.26. The van der Waals surface area contributed by atoms with Crippen molar-refractivity contribution in [2.75, 3.05) is 5.32 Å². The Kier molecular flexibility index (Phi) is 6.22. The maximum atomic E-state index is 13.3. The van der Waals surface area contributed by atoms with Crippen molar-refractivity contribution < 1.29 is 26.4 Å². The van der Waals surface area contributed by atoms with Gasteiger partial charge in [-0.1, -0.05) is 54.6 Å². The van der Waals surface area contributed by atoms with Gasteiger partial charge in [0.2, 0.25) is 5.91 Å². The van der Waals surface area contributed by atoms with Gasteiger partial charge in [0, 0.05) is 17.1 Å². The Balaban J connectivity index is 1.66. The van der Waals surface area contributed by atoms with Crippen molar-refractivity contribution >= 4 is 32.3 Å². The lowest BCUT2D eigenvalue weighted by atomic mass is 10.1. The third-order valence-corrected chi connectivity index (χ3v) is 7.20. The molecule has 1 heterocycles. The number of benzene rings is 3. The molecule has 0 fully saturated rings. The second kappa shape index (κ2) is 8.98. The minimum absolute atomic E-state index is 0.0647. The van der Waals surface area contributed by atoms with Crippen LogP contribution in [0.15, 0.2) is 83.9 Å². The van der Waals surface area contributed by atoms with Crippen LogP contribution < -0.4 is 5.32 Å². The van der Waals surface area contributed by atoms with E-state index in [2.05, 4.69) is 5.32 Å². The second-order valence-corrected chi connectivity index (χ2v) is 9.87. The number of hydrogen-bond donors (Lipinski definition) is 1. The number of rotatable bonds is 6. The SMILES string of the molecule is Cc1ccccc1CS(=O)(=O)c1cn(CC(=O)Nc2ccccc2C(F)(F)F)c2ccccc12. The topological polar surface area (TPSA) is 68.2 Å². The molecule has 1 aromatic heterocycles. The van der Waals surface area contributed by atoms with Crippen molar-refractivity contribution in [1.29, 1.82) is 0 Å². The number of carbonyl (C=O) groups excluding carboxylic acids is 1. The minimum atomic E-state index is -4.62. The first-order valence-corrected chi connectivity index (χ1v) is 12.0.